The Kier molecular flexibility index (Phi) is 8.22. The van der Waals surface area contributed by atoms with Crippen molar-refractivity contribution in [3.05, 3.63) is 145 Å². The molecule has 0 saturated carbocycles. The first kappa shape index (κ1) is 30.8. The molecule has 0 bridgehead atoms. The summed E-state index contributed by atoms with van der Waals surface area (Å²) in [6, 6.07) is 43.1. The molecule has 230 valence electrons. The average molecular weight is 604 g/mol. The van der Waals surface area contributed by atoms with Crippen molar-refractivity contribution in [2.45, 2.75) is 52.4 Å². The molecule has 0 fully saturated rings. The van der Waals surface area contributed by atoms with Gasteiger partial charge in [-0.05, 0) is 87.2 Å². The zero-order valence-corrected chi connectivity index (χ0v) is 27.5. The SMILES string of the molecule is CC(C)(C)c1cc(-c2ccc(-c3cccc(N(c4ccccc4)c4ccccn4)n3)cc2-c2ccccc2O)cc(C(C)(C)C)c1. The number of hydrogen-bond acceptors (Lipinski definition) is 4. The van der Waals surface area contributed by atoms with Crippen LogP contribution < -0.4 is 4.90 Å². The zero-order valence-electron chi connectivity index (χ0n) is 27.5. The lowest BCUT2D eigenvalue weighted by Gasteiger charge is -2.27. The van der Waals surface area contributed by atoms with Crippen LogP contribution in [0.1, 0.15) is 52.7 Å². The minimum Gasteiger partial charge on any atom is -0.507 e. The van der Waals surface area contributed by atoms with Crippen LogP contribution in [-0.2, 0) is 10.8 Å². The lowest BCUT2D eigenvalue weighted by molar-refractivity contribution is 0.477. The number of phenols is 1. The zero-order chi connectivity index (χ0) is 32.5. The van der Waals surface area contributed by atoms with Crippen molar-refractivity contribution in [2.75, 3.05) is 4.90 Å². The van der Waals surface area contributed by atoms with Crippen molar-refractivity contribution in [3.63, 3.8) is 0 Å². The van der Waals surface area contributed by atoms with Gasteiger partial charge >= 0.3 is 0 Å². The fourth-order valence-corrected chi connectivity index (χ4v) is 5.68. The quantitative estimate of drug-likeness (QED) is 0.206. The molecule has 0 aliphatic rings. The van der Waals surface area contributed by atoms with E-state index in [2.05, 4.69) is 100.0 Å². The molecule has 6 rings (SSSR count). The minimum absolute atomic E-state index is 0.0202. The molecule has 0 aliphatic carbocycles. The van der Waals surface area contributed by atoms with Gasteiger partial charge in [0.1, 0.15) is 17.4 Å². The van der Waals surface area contributed by atoms with Gasteiger partial charge in [-0.25, -0.2) is 9.97 Å². The van der Waals surface area contributed by atoms with Gasteiger partial charge in [-0.3, -0.25) is 4.90 Å². The monoisotopic (exact) mass is 603 g/mol. The van der Waals surface area contributed by atoms with E-state index in [1.54, 1.807) is 12.3 Å². The van der Waals surface area contributed by atoms with Crippen molar-refractivity contribution in [1.29, 1.82) is 0 Å². The summed E-state index contributed by atoms with van der Waals surface area (Å²) in [5.41, 5.74) is 9.24. The van der Waals surface area contributed by atoms with Crippen molar-refractivity contribution in [1.82, 2.24) is 9.97 Å². The highest BCUT2D eigenvalue weighted by atomic mass is 16.3. The molecule has 0 radical (unpaired) electrons. The standard InChI is InChI=1S/C42H41N3O/c1-41(2,3)31-25-30(26-32(28-31)42(4,5)6)34-23-22-29(27-36(34)35-17-10-11-19-38(35)46)37-18-14-21-40(44-37)45(33-15-8-7-9-16-33)39-20-12-13-24-43-39/h7-28,46H,1-6H3. The maximum absolute atomic E-state index is 11.1. The second kappa shape index (κ2) is 12.3. The number of para-hydroxylation sites is 2. The summed E-state index contributed by atoms with van der Waals surface area (Å²) in [5.74, 6) is 1.80. The number of hydrogen-bond donors (Lipinski definition) is 1. The number of rotatable bonds is 6. The maximum Gasteiger partial charge on any atom is 0.139 e. The van der Waals surface area contributed by atoms with Gasteiger partial charge < -0.3 is 5.11 Å². The van der Waals surface area contributed by atoms with E-state index in [0.29, 0.717) is 0 Å². The Balaban J connectivity index is 1.53. The van der Waals surface area contributed by atoms with Gasteiger partial charge in [0.05, 0.1) is 5.69 Å². The summed E-state index contributed by atoms with van der Waals surface area (Å²) in [7, 11) is 0. The van der Waals surface area contributed by atoms with Crippen LogP contribution in [0.4, 0.5) is 17.3 Å². The summed E-state index contributed by atoms with van der Waals surface area (Å²) in [6.07, 6.45) is 1.80. The summed E-state index contributed by atoms with van der Waals surface area (Å²) in [6.45, 7) is 13.5. The molecule has 0 atom stereocenters. The van der Waals surface area contributed by atoms with Crippen LogP contribution in [0.5, 0.6) is 5.75 Å². The molecule has 0 aliphatic heterocycles. The molecule has 0 spiro atoms. The number of anilines is 3. The largest absolute Gasteiger partial charge is 0.507 e. The molecule has 46 heavy (non-hydrogen) atoms. The number of aromatic nitrogens is 2. The topological polar surface area (TPSA) is 49.2 Å². The molecule has 1 N–H and O–H groups in total. The van der Waals surface area contributed by atoms with Crippen LogP contribution in [0.25, 0.3) is 33.5 Å². The van der Waals surface area contributed by atoms with Gasteiger partial charge in [-0.1, -0.05) is 120 Å². The fraction of sp³-hybridized carbons (Fsp3) is 0.190. The molecule has 4 aromatic carbocycles. The first-order chi connectivity index (χ1) is 22.0. The van der Waals surface area contributed by atoms with E-state index >= 15 is 0 Å². The van der Waals surface area contributed by atoms with Gasteiger partial charge in [0.2, 0.25) is 0 Å². The number of pyridine rings is 2. The van der Waals surface area contributed by atoms with E-state index in [1.165, 1.54) is 11.1 Å². The van der Waals surface area contributed by atoms with E-state index in [1.807, 2.05) is 72.8 Å². The number of aromatic hydroxyl groups is 1. The van der Waals surface area contributed by atoms with Crippen molar-refractivity contribution in [3.8, 4) is 39.3 Å². The molecular weight excluding hydrogens is 562 g/mol. The summed E-state index contributed by atoms with van der Waals surface area (Å²) < 4.78 is 0. The Morgan fingerprint density at radius 3 is 1.83 bits per heavy atom. The average Bonchev–Trinajstić information content (AvgIpc) is 3.05. The first-order valence-corrected chi connectivity index (χ1v) is 15.8. The van der Waals surface area contributed by atoms with Crippen LogP contribution in [0.15, 0.2) is 134 Å². The van der Waals surface area contributed by atoms with Crippen molar-refractivity contribution < 1.29 is 5.11 Å². The Hall–Kier alpha value is -5.22. The lowest BCUT2D eigenvalue weighted by atomic mass is 9.78. The third-order valence-corrected chi connectivity index (χ3v) is 8.34. The van der Waals surface area contributed by atoms with Crippen LogP contribution in [-0.4, -0.2) is 15.1 Å². The maximum atomic E-state index is 11.1. The van der Waals surface area contributed by atoms with E-state index in [9.17, 15) is 5.11 Å². The van der Waals surface area contributed by atoms with Gasteiger partial charge in [0.15, 0.2) is 0 Å². The molecule has 2 heterocycles. The summed E-state index contributed by atoms with van der Waals surface area (Å²) in [5, 5.41) is 11.1. The molecule has 0 saturated heterocycles. The predicted octanol–water partition coefficient (Wildman–Crippen LogP) is 11.2. The van der Waals surface area contributed by atoms with Crippen LogP contribution in [0.2, 0.25) is 0 Å². The van der Waals surface area contributed by atoms with E-state index in [0.717, 1.165) is 50.8 Å². The molecule has 6 aromatic rings. The highest BCUT2D eigenvalue weighted by Crippen LogP contribution is 2.42. The molecule has 4 nitrogen and oxygen atoms in total. The predicted molar refractivity (Wildman–Crippen MR) is 192 cm³/mol. The van der Waals surface area contributed by atoms with Gasteiger partial charge in [0.25, 0.3) is 0 Å². The molecule has 0 amide bonds. The highest BCUT2D eigenvalue weighted by Gasteiger charge is 2.23. The lowest BCUT2D eigenvalue weighted by Crippen LogP contribution is -2.16. The fourth-order valence-electron chi connectivity index (χ4n) is 5.68. The van der Waals surface area contributed by atoms with E-state index in [-0.39, 0.29) is 16.6 Å². The first-order valence-electron chi connectivity index (χ1n) is 15.8. The van der Waals surface area contributed by atoms with Crippen molar-refractivity contribution >= 4 is 17.3 Å². The normalized spacial score (nSPS) is 11.8. The van der Waals surface area contributed by atoms with Crippen LogP contribution >= 0.6 is 0 Å². The molecule has 2 aromatic heterocycles. The highest BCUT2D eigenvalue weighted by molar-refractivity contribution is 5.89. The number of nitrogens with zero attached hydrogens (tertiary/aromatic N) is 3. The number of benzene rings is 4. The van der Waals surface area contributed by atoms with E-state index in [4.69, 9.17) is 4.98 Å². The Morgan fingerprint density at radius 2 is 1.17 bits per heavy atom. The Morgan fingerprint density at radius 1 is 0.522 bits per heavy atom. The summed E-state index contributed by atoms with van der Waals surface area (Å²) in [4.78, 5) is 11.9. The Labute approximate surface area is 273 Å². The number of phenolic OH excluding ortho intramolecular Hbond substituents is 1. The van der Waals surface area contributed by atoms with Crippen LogP contribution in [0.3, 0.4) is 0 Å². The smallest absolute Gasteiger partial charge is 0.139 e. The molecule has 0 unspecified atom stereocenters. The van der Waals surface area contributed by atoms with E-state index < -0.39 is 0 Å². The second-order valence-electron chi connectivity index (χ2n) is 13.8. The van der Waals surface area contributed by atoms with Crippen molar-refractivity contribution in [2.24, 2.45) is 0 Å². The third kappa shape index (κ3) is 6.43. The third-order valence-electron chi connectivity index (χ3n) is 8.34. The minimum atomic E-state index is -0.0202. The van der Waals surface area contributed by atoms with Crippen LogP contribution in [0, 0.1) is 0 Å². The molecular formula is C42H41N3O. The van der Waals surface area contributed by atoms with Gasteiger partial charge in [0, 0.05) is 23.0 Å². The van der Waals surface area contributed by atoms with Gasteiger partial charge in [-0.15, -0.1) is 0 Å². The summed E-state index contributed by atoms with van der Waals surface area (Å²) >= 11 is 0. The second-order valence-corrected chi connectivity index (χ2v) is 13.8. The Bertz CT molecular complexity index is 1900. The van der Waals surface area contributed by atoms with Gasteiger partial charge in [-0.2, -0.15) is 0 Å². The molecule has 4 heteroatoms.